The summed E-state index contributed by atoms with van der Waals surface area (Å²) in [5.41, 5.74) is 1.27. The fraction of sp³-hybridized carbons (Fsp3) is 0.0667. The molecule has 24 heavy (non-hydrogen) atoms. The van der Waals surface area contributed by atoms with Crippen LogP contribution in [0.5, 0.6) is 0 Å². The molecule has 0 atom stereocenters. The van der Waals surface area contributed by atoms with E-state index in [0.29, 0.717) is 21.0 Å². The SMILES string of the molecule is O=C(CSc1nccc(=O)[nH]1)Nc1nc(-c2ccccc2Cl)cs1. The van der Waals surface area contributed by atoms with Gasteiger partial charge in [-0.05, 0) is 6.07 Å². The molecular weight excluding hydrogens is 368 g/mol. The largest absolute Gasteiger partial charge is 0.301 e. The Hall–Kier alpha value is -2.16. The Balaban J connectivity index is 1.61. The third kappa shape index (κ3) is 4.22. The van der Waals surface area contributed by atoms with Crippen LogP contribution in [0.3, 0.4) is 0 Å². The maximum Gasteiger partial charge on any atom is 0.251 e. The second-order valence-electron chi connectivity index (χ2n) is 4.59. The van der Waals surface area contributed by atoms with Crippen LogP contribution >= 0.6 is 34.7 Å². The number of thiazole rings is 1. The summed E-state index contributed by atoms with van der Waals surface area (Å²) in [6.45, 7) is 0. The number of rotatable bonds is 5. The van der Waals surface area contributed by atoms with Crippen molar-refractivity contribution >= 4 is 45.7 Å². The molecule has 1 aromatic carbocycles. The molecule has 0 fully saturated rings. The minimum absolute atomic E-state index is 0.119. The summed E-state index contributed by atoms with van der Waals surface area (Å²) in [5, 5.41) is 6.05. The first-order valence-corrected chi connectivity index (χ1v) is 9.04. The zero-order chi connectivity index (χ0) is 16.9. The average molecular weight is 379 g/mol. The molecule has 9 heteroatoms. The highest BCUT2D eigenvalue weighted by atomic mass is 35.5. The summed E-state index contributed by atoms with van der Waals surface area (Å²) < 4.78 is 0. The molecule has 2 heterocycles. The van der Waals surface area contributed by atoms with Crippen molar-refractivity contribution in [3.63, 3.8) is 0 Å². The Labute approximate surface area is 150 Å². The smallest absolute Gasteiger partial charge is 0.251 e. The van der Waals surface area contributed by atoms with Crippen molar-refractivity contribution in [3.05, 3.63) is 57.3 Å². The number of aromatic amines is 1. The maximum absolute atomic E-state index is 12.0. The summed E-state index contributed by atoms with van der Waals surface area (Å²) in [6.07, 6.45) is 1.40. The van der Waals surface area contributed by atoms with Crippen LogP contribution in [0.4, 0.5) is 5.13 Å². The normalized spacial score (nSPS) is 10.5. The first-order valence-electron chi connectivity index (χ1n) is 6.80. The third-order valence-electron chi connectivity index (χ3n) is 2.89. The molecule has 1 amide bonds. The predicted octanol–water partition coefficient (Wildman–Crippen LogP) is 3.28. The lowest BCUT2D eigenvalue weighted by atomic mass is 10.2. The summed E-state index contributed by atoms with van der Waals surface area (Å²) in [4.78, 5) is 34.0. The molecule has 0 radical (unpaired) electrons. The summed E-state index contributed by atoms with van der Waals surface area (Å²) in [5.74, 6) is -0.111. The third-order valence-corrected chi connectivity index (χ3v) is 4.86. The fourth-order valence-corrected chi connectivity index (χ4v) is 3.45. The fourth-order valence-electron chi connectivity index (χ4n) is 1.84. The van der Waals surface area contributed by atoms with Gasteiger partial charge in [-0.15, -0.1) is 11.3 Å². The number of thioether (sulfide) groups is 1. The van der Waals surface area contributed by atoms with E-state index in [4.69, 9.17) is 11.6 Å². The van der Waals surface area contributed by atoms with Gasteiger partial charge in [-0.25, -0.2) is 9.97 Å². The van der Waals surface area contributed by atoms with Gasteiger partial charge in [0, 0.05) is 28.2 Å². The highest BCUT2D eigenvalue weighted by Gasteiger charge is 2.11. The number of anilines is 1. The molecule has 6 nitrogen and oxygen atoms in total. The molecule has 122 valence electrons. The van der Waals surface area contributed by atoms with Crippen molar-refractivity contribution in [2.45, 2.75) is 5.16 Å². The minimum Gasteiger partial charge on any atom is -0.301 e. The summed E-state index contributed by atoms with van der Waals surface area (Å²) >= 11 is 8.61. The molecule has 0 aliphatic rings. The molecular formula is C15H11ClN4O2S2. The van der Waals surface area contributed by atoms with E-state index in [2.05, 4.69) is 20.3 Å². The van der Waals surface area contributed by atoms with Gasteiger partial charge < -0.3 is 10.3 Å². The quantitative estimate of drug-likeness (QED) is 0.525. The standard InChI is InChI=1S/C15H11ClN4O2S2/c16-10-4-2-1-3-9(10)11-7-23-15(18-11)20-13(22)8-24-14-17-6-5-12(21)19-14/h1-7H,8H2,(H,17,19,21)(H,18,20,22). The van der Waals surface area contributed by atoms with Gasteiger partial charge in [0.25, 0.3) is 5.56 Å². The van der Waals surface area contributed by atoms with Crippen LogP contribution in [-0.2, 0) is 4.79 Å². The number of H-pyrrole nitrogens is 1. The Morgan fingerprint density at radius 2 is 2.17 bits per heavy atom. The van der Waals surface area contributed by atoms with Crippen LogP contribution in [-0.4, -0.2) is 26.6 Å². The lowest BCUT2D eigenvalue weighted by molar-refractivity contribution is -0.113. The maximum atomic E-state index is 12.0. The topological polar surface area (TPSA) is 87.7 Å². The van der Waals surface area contributed by atoms with Crippen LogP contribution in [0.15, 0.2) is 51.9 Å². The molecule has 0 unspecified atom stereocenters. The average Bonchev–Trinajstić information content (AvgIpc) is 3.02. The Bertz CT molecular complexity index is 925. The number of hydrogen-bond donors (Lipinski definition) is 2. The highest BCUT2D eigenvalue weighted by molar-refractivity contribution is 7.99. The van der Waals surface area contributed by atoms with Gasteiger partial charge in [0.15, 0.2) is 10.3 Å². The number of hydrogen-bond acceptors (Lipinski definition) is 6. The van der Waals surface area contributed by atoms with Gasteiger partial charge in [0.1, 0.15) is 0 Å². The van der Waals surface area contributed by atoms with E-state index < -0.39 is 0 Å². The summed E-state index contributed by atoms with van der Waals surface area (Å²) in [7, 11) is 0. The second kappa shape index (κ2) is 7.61. The molecule has 0 aliphatic heterocycles. The first kappa shape index (κ1) is 16.7. The van der Waals surface area contributed by atoms with E-state index >= 15 is 0 Å². The van der Waals surface area contributed by atoms with Crippen molar-refractivity contribution in [1.82, 2.24) is 15.0 Å². The molecule has 3 aromatic rings. The van der Waals surface area contributed by atoms with E-state index in [9.17, 15) is 9.59 Å². The first-order chi connectivity index (χ1) is 11.6. The van der Waals surface area contributed by atoms with E-state index in [1.54, 1.807) is 6.07 Å². The van der Waals surface area contributed by atoms with E-state index in [1.807, 2.05) is 23.6 Å². The Morgan fingerprint density at radius 1 is 1.33 bits per heavy atom. The molecule has 0 saturated heterocycles. The molecule has 0 saturated carbocycles. The number of nitrogens with zero attached hydrogens (tertiary/aromatic N) is 2. The molecule has 2 N–H and O–H groups in total. The van der Waals surface area contributed by atoms with E-state index in [0.717, 1.165) is 17.3 Å². The molecule has 0 spiro atoms. The van der Waals surface area contributed by atoms with Gasteiger partial charge in [0.05, 0.1) is 11.4 Å². The van der Waals surface area contributed by atoms with E-state index in [1.165, 1.54) is 23.6 Å². The van der Waals surface area contributed by atoms with Crippen molar-refractivity contribution in [1.29, 1.82) is 0 Å². The van der Waals surface area contributed by atoms with Gasteiger partial charge >= 0.3 is 0 Å². The van der Waals surface area contributed by atoms with Crippen molar-refractivity contribution in [2.75, 3.05) is 11.1 Å². The monoisotopic (exact) mass is 378 g/mol. The van der Waals surface area contributed by atoms with Gasteiger partial charge in [-0.1, -0.05) is 41.6 Å². The minimum atomic E-state index is -0.253. The lowest BCUT2D eigenvalue weighted by Crippen LogP contribution is -2.15. The number of halogens is 1. The van der Waals surface area contributed by atoms with Crippen LogP contribution in [0.2, 0.25) is 5.02 Å². The van der Waals surface area contributed by atoms with Crippen LogP contribution in [0.1, 0.15) is 0 Å². The predicted molar refractivity (Wildman–Crippen MR) is 96.8 cm³/mol. The van der Waals surface area contributed by atoms with E-state index in [-0.39, 0.29) is 17.2 Å². The van der Waals surface area contributed by atoms with Crippen molar-refractivity contribution in [3.8, 4) is 11.3 Å². The van der Waals surface area contributed by atoms with Crippen LogP contribution < -0.4 is 10.9 Å². The number of benzene rings is 1. The number of amides is 1. The molecule has 0 bridgehead atoms. The van der Waals surface area contributed by atoms with Crippen LogP contribution in [0.25, 0.3) is 11.3 Å². The molecule has 3 rings (SSSR count). The number of aromatic nitrogens is 3. The Kier molecular flexibility index (Phi) is 5.29. The summed E-state index contributed by atoms with van der Waals surface area (Å²) in [6, 6.07) is 8.70. The zero-order valence-corrected chi connectivity index (χ0v) is 14.5. The Morgan fingerprint density at radius 3 is 2.96 bits per heavy atom. The van der Waals surface area contributed by atoms with Gasteiger partial charge in [-0.2, -0.15) is 0 Å². The van der Waals surface area contributed by atoms with Crippen molar-refractivity contribution in [2.24, 2.45) is 0 Å². The number of carbonyl (C=O) groups excluding carboxylic acids is 1. The number of nitrogens with one attached hydrogen (secondary N) is 2. The molecule has 2 aromatic heterocycles. The zero-order valence-electron chi connectivity index (χ0n) is 12.2. The second-order valence-corrected chi connectivity index (χ2v) is 6.82. The number of carbonyl (C=O) groups is 1. The van der Waals surface area contributed by atoms with Crippen molar-refractivity contribution < 1.29 is 4.79 Å². The van der Waals surface area contributed by atoms with Gasteiger partial charge in [0.2, 0.25) is 5.91 Å². The lowest BCUT2D eigenvalue weighted by Gasteiger charge is -2.01. The van der Waals surface area contributed by atoms with Crippen LogP contribution in [0, 0.1) is 0 Å². The molecule has 0 aliphatic carbocycles. The highest BCUT2D eigenvalue weighted by Crippen LogP contribution is 2.30. The van der Waals surface area contributed by atoms with Gasteiger partial charge in [-0.3, -0.25) is 9.59 Å².